The van der Waals surface area contributed by atoms with Crippen LogP contribution in [0.15, 0.2) is 30.5 Å². The number of nitrogens with zero attached hydrogens (tertiary/aromatic N) is 2. The number of likely N-dealkylation sites (N-methyl/N-ethyl adjacent to an activating group) is 1. The fourth-order valence-corrected chi connectivity index (χ4v) is 4.59. The third kappa shape index (κ3) is 2.51. The number of hydrogen-bond acceptors (Lipinski definition) is 2. The van der Waals surface area contributed by atoms with Gasteiger partial charge in [0.2, 0.25) is 5.91 Å². The van der Waals surface area contributed by atoms with Crippen LogP contribution in [0.4, 0.5) is 0 Å². The second-order valence-corrected chi connectivity index (χ2v) is 7.65. The molecule has 1 aromatic carbocycles. The molecular weight excluding hydrogens is 310 g/mol. The Morgan fingerprint density at radius 1 is 1.40 bits per heavy atom. The van der Waals surface area contributed by atoms with Crippen molar-refractivity contribution in [2.75, 3.05) is 20.1 Å². The molecule has 0 bridgehead atoms. The molecule has 132 valence electrons. The molecule has 0 saturated carbocycles. The number of carbonyl (C=O) groups excluding carboxylic acids is 1. The molecule has 4 heteroatoms. The Hall–Kier alpha value is -2.07. The van der Waals surface area contributed by atoms with Crippen molar-refractivity contribution in [3.05, 3.63) is 41.6 Å². The Bertz CT molecular complexity index is 848. The van der Waals surface area contributed by atoms with E-state index in [-0.39, 0.29) is 17.9 Å². The SMILES string of the molecule is CCN(C(=O)C1C=C2c3cccc4[nH]cc(c34)CC2N(C)C1)C(C)C. The van der Waals surface area contributed by atoms with Gasteiger partial charge in [-0.1, -0.05) is 18.2 Å². The third-order valence-electron chi connectivity index (χ3n) is 5.83. The average Bonchev–Trinajstić information content (AvgIpc) is 3.00. The first-order chi connectivity index (χ1) is 12.0. The zero-order chi connectivity index (χ0) is 17.7. The topological polar surface area (TPSA) is 39.3 Å². The van der Waals surface area contributed by atoms with Crippen LogP contribution in [0, 0.1) is 5.92 Å². The first-order valence-corrected chi connectivity index (χ1v) is 9.33. The summed E-state index contributed by atoms with van der Waals surface area (Å²) >= 11 is 0. The van der Waals surface area contributed by atoms with Crippen LogP contribution in [-0.4, -0.2) is 52.9 Å². The number of aromatic amines is 1. The Morgan fingerprint density at radius 2 is 2.20 bits per heavy atom. The quantitative estimate of drug-likeness (QED) is 0.933. The number of amides is 1. The normalized spacial score (nSPS) is 22.8. The number of nitrogens with one attached hydrogen (secondary N) is 1. The monoisotopic (exact) mass is 337 g/mol. The van der Waals surface area contributed by atoms with E-state index in [2.05, 4.69) is 68.2 Å². The van der Waals surface area contributed by atoms with E-state index in [9.17, 15) is 4.79 Å². The Balaban J connectivity index is 1.78. The van der Waals surface area contributed by atoms with E-state index in [4.69, 9.17) is 0 Å². The van der Waals surface area contributed by atoms with Gasteiger partial charge < -0.3 is 9.88 Å². The summed E-state index contributed by atoms with van der Waals surface area (Å²) in [6.45, 7) is 7.81. The van der Waals surface area contributed by atoms with E-state index >= 15 is 0 Å². The lowest BCUT2D eigenvalue weighted by Crippen LogP contribution is -2.49. The molecule has 4 nitrogen and oxygen atoms in total. The van der Waals surface area contributed by atoms with Crippen molar-refractivity contribution >= 4 is 22.4 Å². The fourth-order valence-electron chi connectivity index (χ4n) is 4.59. The van der Waals surface area contributed by atoms with Crippen molar-refractivity contribution in [3.8, 4) is 0 Å². The predicted octanol–water partition coefficient (Wildman–Crippen LogP) is 3.29. The van der Waals surface area contributed by atoms with E-state index in [1.54, 1.807) is 0 Å². The summed E-state index contributed by atoms with van der Waals surface area (Å²) < 4.78 is 0. The summed E-state index contributed by atoms with van der Waals surface area (Å²) in [7, 11) is 2.15. The summed E-state index contributed by atoms with van der Waals surface area (Å²) in [6.07, 6.45) is 5.41. The number of benzene rings is 1. The minimum atomic E-state index is -0.0608. The molecule has 4 rings (SSSR count). The van der Waals surface area contributed by atoms with Gasteiger partial charge in [0.25, 0.3) is 0 Å². The van der Waals surface area contributed by atoms with Gasteiger partial charge in [0.1, 0.15) is 0 Å². The third-order valence-corrected chi connectivity index (χ3v) is 5.83. The van der Waals surface area contributed by atoms with Crippen LogP contribution >= 0.6 is 0 Å². The van der Waals surface area contributed by atoms with Gasteiger partial charge in [0.05, 0.1) is 5.92 Å². The van der Waals surface area contributed by atoms with Crippen LogP contribution in [0.2, 0.25) is 0 Å². The van der Waals surface area contributed by atoms with Gasteiger partial charge in [0, 0.05) is 42.3 Å². The minimum absolute atomic E-state index is 0.0608. The van der Waals surface area contributed by atoms with Crippen molar-refractivity contribution in [2.24, 2.45) is 5.92 Å². The number of fused-ring (bicyclic) bond motifs is 2. The highest BCUT2D eigenvalue weighted by Crippen LogP contribution is 2.40. The first kappa shape index (κ1) is 16.4. The number of hydrogen-bond donors (Lipinski definition) is 1. The zero-order valence-electron chi connectivity index (χ0n) is 15.5. The van der Waals surface area contributed by atoms with E-state index < -0.39 is 0 Å². The van der Waals surface area contributed by atoms with E-state index in [0.717, 1.165) is 19.5 Å². The van der Waals surface area contributed by atoms with Crippen molar-refractivity contribution in [1.29, 1.82) is 0 Å². The van der Waals surface area contributed by atoms with Crippen molar-refractivity contribution in [3.63, 3.8) is 0 Å². The molecule has 0 fully saturated rings. The van der Waals surface area contributed by atoms with Gasteiger partial charge in [-0.3, -0.25) is 9.69 Å². The van der Waals surface area contributed by atoms with Crippen LogP contribution in [-0.2, 0) is 11.2 Å². The van der Waals surface area contributed by atoms with Crippen LogP contribution in [0.3, 0.4) is 0 Å². The second kappa shape index (κ2) is 6.03. The summed E-state index contributed by atoms with van der Waals surface area (Å²) in [5, 5.41) is 1.34. The molecule has 2 aromatic rings. The molecule has 1 aliphatic carbocycles. The molecule has 0 radical (unpaired) electrons. The maximum absolute atomic E-state index is 13.1. The molecule has 1 N–H and O–H groups in total. The molecule has 1 aliphatic heterocycles. The van der Waals surface area contributed by atoms with Crippen LogP contribution < -0.4 is 0 Å². The molecule has 0 saturated heterocycles. The molecule has 1 amide bonds. The first-order valence-electron chi connectivity index (χ1n) is 9.33. The Labute approximate surface area is 149 Å². The Morgan fingerprint density at radius 3 is 2.92 bits per heavy atom. The van der Waals surface area contributed by atoms with E-state index in [1.165, 1.54) is 27.6 Å². The molecule has 2 aliphatic rings. The molecule has 2 atom stereocenters. The summed E-state index contributed by atoms with van der Waals surface area (Å²) in [4.78, 5) is 20.8. The lowest BCUT2D eigenvalue weighted by atomic mass is 9.79. The Kier molecular flexibility index (Phi) is 3.95. The molecule has 1 aromatic heterocycles. The van der Waals surface area contributed by atoms with Crippen LogP contribution in [0.1, 0.15) is 31.9 Å². The fraction of sp³-hybridized carbons (Fsp3) is 0.476. The van der Waals surface area contributed by atoms with Crippen molar-refractivity contribution in [1.82, 2.24) is 14.8 Å². The van der Waals surface area contributed by atoms with E-state index in [0.29, 0.717) is 6.04 Å². The standard InChI is InChI=1S/C21H27N3O/c1-5-24(13(2)3)21(25)15-9-17-16-7-6-8-18-20(16)14(11-22-18)10-19(17)23(4)12-15/h6-9,11,13,15,19,22H,5,10,12H2,1-4H3. The van der Waals surface area contributed by atoms with Crippen molar-refractivity contribution in [2.45, 2.75) is 39.3 Å². The average molecular weight is 337 g/mol. The maximum Gasteiger partial charge on any atom is 0.231 e. The number of rotatable bonds is 3. The van der Waals surface area contributed by atoms with Gasteiger partial charge >= 0.3 is 0 Å². The molecule has 0 spiro atoms. The maximum atomic E-state index is 13.1. The highest BCUT2D eigenvalue weighted by Gasteiger charge is 2.36. The lowest BCUT2D eigenvalue weighted by molar-refractivity contribution is -0.136. The van der Waals surface area contributed by atoms with Gasteiger partial charge in [-0.05, 0) is 57.0 Å². The highest BCUT2D eigenvalue weighted by atomic mass is 16.2. The predicted molar refractivity (Wildman–Crippen MR) is 102 cm³/mol. The lowest BCUT2D eigenvalue weighted by Gasteiger charge is -2.41. The van der Waals surface area contributed by atoms with Crippen LogP contribution in [0.5, 0.6) is 0 Å². The van der Waals surface area contributed by atoms with E-state index in [1.807, 2.05) is 4.90 Å². The molecule has 25 heavy (non-hydrogen) atoms. The number of carbonyl (C=O) groups is 1. The molecular formula is C21H27N3O. The summed E-state index contributed by atoms with van der Waals surface area (Å²) in [5.74, 6) is 0.191. The highest BCUT2D eigenvalue weighted by molar-refractivity contribution is 5.99. The van der Waals surface area contributed by atoms with Gasteiger partial charge in [-0.15, -0.1) is 0 Å². The number of aromatic nitrogens is 1. The largest absolute Gasteiger partial charge is 0.361 e. The zero-order valence-corrected chi connectivity index (χ0v) is 15.5. The number of H-pyrrole nitrogens is 1. The molecule has 2 heterocycles. The van der Waals surface area contributed by atoms with Gasteiger partial charge in [-0.2, -0.15) is 0 Å². The molecule has 2 unspecified atom stereocenters. The smallest absolute Gasteiger partial charge is 0.231 e. The van der Waals surface area contributed by atoms with Gasteiger partial charge in [-0.25, -0.2) is 0 Å². The summed E-state index contributed by atoms with van der Waals surface area (Å²) in [6, 6.07) is 7.06. The minimum Gasteiger partial charge on any atom is -0.361 e. The second-order valence-electron chi connectivity index (χ2n) is 7.65. The van der Waals surface area contributed by atoms with Crippen molar-refractivity contribution < 1.29 is 4.79 Å². The summed E-state index contributed by atoms with van der Waals surface area (Å²) in [5.41, 5.74) is 5.20. The van der Waals surface area contributed by atoms with Crippen LogP contribution in [0.25, 0.3) is 16.5 Å². The van der Waals surface area contributed by atoms with Gasteiger partial charge in [0.15, 0.2) is 0 Å².